The molecule has 0 amide bonds. The summed E-state index contributed by atoms with van der Waals surface area (Å²) in [5.41, 5.74) is 0.542. The highest BCUT2D eigenvalue weighted by Gasteiger charge is 2.25. The van der Waals surface area contributed by atoms with Gasteiger partial charge in [0.2, 0.25) is 10.0 Å². The van der Waals surface area contributed by atoms with Crippen molar-refractivity contribution < 1.29 is 17.9 Å². The van der Waals surface area contributed by atoms with Crippen LogP contribution in [0.5, 0.6) is 0 Å². The van der Waals surface area contributed by atoms with Gasteiger partial charge in [0.15, 0.2) is 5.75 Å². The minimum Gasteiger partial charge on any atom is -0.468 e. The van der Waals surface area contributed by atoms with Gasteiger partial charge in [-0.25, -0.2) is 8.42 Å². The number of allylic oxidation sites excluding steroid dienone is 1. The van der Waals surface area contributed by atoms with Crippen LogP contribution in [0.1, 0.15) is 12.8 Å². The average Bonchev–Trinajstić information content (AvgIpc) is 2.43. The zero-order valence-electron chi connectivity index (χ0n) is 11.5. The molecular formula is C14H19NO4S. The number of hydrogen-bond donors (Lipinski definition) is 0. The van der Waals surface area contributed by atoms with Crippen LogP contribution in [0.25, 0.3) is 0 Å². The molecule has 20 heavy (non-hydrogen) atoms. The molecule has 0 radical (unpaired) electrons. The highest BCUT2D eigenvalue weighted by Crippen LogP contribution is 2.19. The predicted octanol–water partition coefficient (Wildman–Crippen LogP) is 1.96. The summed E-state index contributed by atoms with van der Waals surface area (Å²) in [5, 5.41) is 0. The van der Waals surface area contributed by atoms with Crippen molar-refractivity contribution in [3.8, 4) is 0 Å². The van der Waals surface area contributed by atoms with Crippen LogP contribution in [0.2, 0.25) is 0 Å². The lowest BCUT2D eigenvalue weighted by Crippen LogP contribution is -2.36. The van der Waals surface area contributed by atoms with Crippen LogP contribution in [0.3, 0.4) is 0 Å². The van der Waals surface area contributed by atoms with Crippen molar-refractivity contribution in [3.63, 3.8) is 0 Å². The Balaban J connectivity index is 2.97. The number of esters is 1. The second kappa shape index (κ2) is 7.69. The zero-order chi connectivity index (χ0) is 15.0. The Morgan fingerprint density at radius 3 is 2.55 bits per heavy atom. The van der Waals surface area contributed by atoms with Crippen molar-refractivity contribution in [1.29, 1.82) is 0 Å². The number of nitrogens with zero attached hydrogens (tertiary/aromatic N) is 1. The molecule has 0 saturated carbocycles. The number of para-hydroxylation sites is 1. The van der Waals surface area contributed by atoms with E-state index in [1.807, 2.05) is 0 Å². The van der Waals surface area contributed by atoms with Gasteiger partial charge in [-0.05, 0) is 25.0 Å². The summed E-state index contributed by atoms with van der Waals surface area (Å²) < 4.78 is 30.3. The molecule has 0 bridgehead atoms. The van der Waals surface area contributed by atoms with Crippen LogP contribution in [-0.4, -0.2) is 33.8 Å². The standard InChI is InChI=1S/C14H19NO4S/c1-3-4-8-11-15(13-9-6-5-7-10-13)20(17,18)12-14(16)19-2/h3,5-7,9-10H,1,4,8,11-12H2,2H3. The molecule has 0 N–H and O–H groups in total. The normalized spacial score (nSPS) is 10.8. The van der Waals surface area contributed by atoms with E-state index in [-0.39, 0.29) is 0 Å². The average molecular weight is 297 g/mol. The van der Waals surface area contributed by atoms with E-state index < -0.39 is 21.7 Å². The number of carbonyl (C=O) groups is 1. The van der Waals surface area contributed by atoms with E-state index >= 15 is 0 Å². The number of unbranched alkanes of at least 4 members (excludes halogenated alkanes) is 1. The molecule has 1 rings (SSSR count). The molecule has 110 valence electrons. The summed E-state index contributed by atoms with van der Waals surface area (Å²) in [5.74, 6) is -1.43. The molecule has 0 unspecified atom stereocenters. The van der Waals surface area contributed by atoms with Gasteiger partial charge in [-0.3, -0.25) is 9.10 Å². The minimum atomic E-state index is -3.74. The summed E-state index contributed by atoms with van der Waals surface area (Å²) in [6.07, 6.45) is 3.08. The molecule has 6 heteroatoms. The van der Waals surface area contributed by atoms with Gasteiger partial charge in [0.1, 0.15) is 0 Å². The van der Waals surface area contributed by atoms with E-state index in [4.69, 9.17) is 0 Å². The fourth-order valence-corrected chi connectivity index (χ4v) is 3.11. The van der Waals surface area contributed by atoms with Gasteiger partial charge < -0.3 is 4.74 Å². The fourth-order valence-electron chi connectivity index (χ4n) is 1.69. The number of methoxy groups -OCH3 is 1. The highest BCUT2D eigenvalue weighted by molar-refractivity contribution is 7.93. The van der Waals surface area contributed by atoms with Gasteiger partial charge in [-0.1, -0.05) is 24.3 Å². The summed E-state index contributed by atoms with van der Waals surface area (Å²) in [6, 6.07) is 8.71. The number of ether oxygens (including phenoxy) is 1. The first-order chi connectivity index (χ1) is 9.51. The molecule has 5 nitrogen and oxygen atoms in total. The smallest absolute Gasteiger partial charge is 0.322 e. The quantitative estimate of drug-likeness (QED) is 0.418. The maximum absolute atomic E-state index is 12.3. The molecule has 0 spiro atoms. The van der Waals surface area contributed by atoms with Crippen molar-refractivity contribution in [2.24, 2.45) is 0 Å². The lowest BCUT2D eigenvalue weighted by molar-refractivity contribution is -0.137. The van der Waals surface area contributed by atoms with E-state index in [9.17, 15) is 13.2 Å². The van der Waals surface area contributed by atoms with E-state index in [1.54, 1.807) is 36.4 Å². The maximum atomic E-state index is 12.3. The summed E-state index contributed by atoms with van der Waals surface area (Å²) in [7, 11) is -2.57. The number of carbonyl (C=O) groups excluding carboxylic acids is 1. The third-order valence-electron chi connectivity index (χ3n) is 2.68. The van der Waals surface area contributed by atoms with E-state index in [0.29, 0.717) is 25.1 Å². The van der Waals surface area contributed by atoms with E-state index in [1.165, 1.54) is 11.4 Å². The minimum absolute atomic E-state index is 0.301. The predicted molar refractivity (Wildman–Crippen MR) is 79.0 cm³/mol. The highest BCUT2D eigenvalue weighted by atomic mass is 32.2. The first-order valence-electron chi connectivity index (χ1n) is 6.24. The second-order valence-corrected chi connectivity index (χ2v) is 6.06. The topological polar surface area (TPSA) is 63.7 Å². The van der Waals surface area contributed by atoms with Crippen molar-refractivity contribution >= 4 is 21.7 Å². The maximum Gasteiger partial charge on any atom is 0.322 e. The number of sulfonamides is 1. The fraction of sp³-hybridized carbons (Fsp3) is 0.357. The zero-order valence-corrected chi connectivity index (χ0v) is 12.3. The Morgan fingerprint density at radius 2 is 2.00 bits per heavy atom. The molecule has 1 aromatic rings. The van der Waals surface area contributed by atoms with E-state index in [0.717, 1.165) is 0 Å². The summed E-state index contributed by atoms with van der Waals surface area (Å²) in [6.45, 7) is 3.91. The Labute approximate surface area is 119 Å². The Kier molecular flexibility index (Phi) is 6.24. The van der Waals surface area contributed by atoms with Crippen LogP contribution >= 0.6 is 0 Å². The molecular weight excluding hydrogens is 278 g/mol. The van der Waals surface area contributed by atoms with Crippen molar-refractivity contribution in [3.05, 3.63) is 43.0 Å². The molecule has 0 aliphatic carbocycles. The van der Waals surface area contributed by atoms with Crippen LogP contribution < -0.4 is 4.31 Å². The van der Waals surface area contributed by atoms with Gasteiger partial charge in [0.25, 0.3) is 0 Å². The van der Waals surface area contributed by atoms with E-state index in [2.05, 4.69) is 11.3 Å². The third kappa shape index (κ3) is 4.70. The Morgan fingerprint density at radius 1 is 1.35 bits per heavy atom. The first kappa shape index (κ1) is 16.2. The first-order valence-corrected chi connectivity index (χ1v) is 7.85. The van der Waals surface area contributed by atoms with Crippen LogP contribution in [-0.2, 0) is 19.6 Å². The lowest BCUT2D eigenvalue weighted by atomic mass is 10.3. The SMILES string of the molecule is C=CCCCN(c1ccccc1)S(=O)(=O)CC(=O)OC. The molecule has 0 aliphatic heterocycles. The van der Waals surface area contributed by atoms with Crippen molar-refractivity contribution in [2.75, 3.05) is 23.7 Å². The number of hydrogen-bond acceptors (Lipinski definition) is 4. The molecule has 0 aromatic heterocycles. The van der Waals surface area contributed by atoms with Gasteiger partial charge in [-0.15, -0.1) is 6.58 Å². The molecule has 0 atom stereocenters. The van der Waals surface area contributed by atoms with Crippen LogP contribution in [0.4, 0.5) is 5.69 Å². The number of benzene rings is 1. The number of anilines is 1. The Hall–Kier alpha value is -1.82. The summed E-state index contributed by atoms with van der Waals surface area (Å²) >= 11 is 0. The third-order valence-corrected chi connectivity index (χ3v) is 4.34. The molecule has 0 saturated heterocycles. The van der Waals surface area contributed by atoms with Crippen molar-refractivity contribution in [2.45, 2.75) is 12.8 Å². The molecule has 0 fully saturated rings. The van der Waals surface area contributed by atoms with Crippen LogP contribution in [0.15, 0.2) is 43.0 Å². The Bertz CT molecular complexity index is 540. The summed E-state index contributed by atoms with van der Waals surface area (Å²) in [4.78, 5) is 11.2. The monoisotopic (exact) mass is 297 g/mol. The number of rotatable bonds is 8. The van der Waals surface area contributed by atoms with Crippen LogP contribution in [0, 0.1) is 0 Å². The molecule has 1 aromatic carbocycles. The largest absolute Gasteiger partial charge is 0.468 e. The molecule has 0 heterocycles. The van der Waals surface area contributed by atoms with Gasteiger partial charge in [0, 0.05) is 6.54 Å². The van der Waals surface area contributed by atoms with Gasteiger partial charge in [-0.2, -0.15) is 0 Å². The second-order valence-electron chi connectivity index (χ2n) is 4.17. The lowest BCUT2D eigenvalue weighted by Gasteiger charge is -2.23. The van der Waals surface area contributed by atoms with Gasteiger partial charge >= 0.3 is 5.97 Å². The van der Waals surface area contributed by atoms with Gasteiger partial charge in [0.05, 0.1) is 12.8 Å². The molecule has 0 aliphatic rings. The van der Waals surface area contributed by atoms with Crippen molar-refractivity contribution in [1.82, 2.24) is 0 Å².